The summed E-state index contributed by atoms with van der Waals surface area (Å²) in [6.45, 7) is 1.24. The molecule has 8 heteroatoms. The molecule has 3 nitrogen and oxygen atoms in total. The minimum absolute atomic E-state index is 0.0926. The van der Waals surface area contributed by atoms with E-state index in [2.05, 4.69) is 10.3 Å². The minimum atomic E-state index is -4.55. The van der Waals surface area contributed by atoms with Crippen LogP contribution in [-0.4, -0.2) is 17.1 Å². The van der Waals surface area contributed by atoms with Crippen molar-refractivity contribution < 1.29 is 26.7 Å². The zero-order valence-corrected chi connectivity index (χ0v) is 15.4. The standard InChI is InChI=1S/C21H17F5N2O/c1-20(12-21(24,25)26,10-13-5-3-2-4-6-13)19(29)28-15-9-14-7-8-16(22)17(23)18(14)27-11-15/h2-9,11H,10,12H2,1H3,(H,28,29)/t20-/m1/s1. The molecule has 1 atom stereocenters. The summed E-state index contributed by atoms with van der Waals surface area (Å²) in [4.78, 5) is 16.6. The van der Waals surface area contributed by atoms with E-state index in [1.54, 1.807) is 30.3 Å². The largest absolute Gasteiger partial charge is 0.390 e. The van der Waals surface area contributed by atoms with Gasteiger partial charge in [0.25, 0.3) is 0 Å². The molecule has 0 spiro atoms. The smallest absolute Gasteiger partial charge is 0.324 e. The van der Waals surface area contributed by atoms with Gasteiger partial charge in [0.2, 0.25) is 5.91 Å². The average Bonchev–Trinajstić information content (AvgIpc) is 2.64. The number of hydrogen-bond acceptors (Lipinski definition) is 2. The fourth-order valence-corrected chi connectivity index (χ4v) is 3.20. The number of fused-ring (bicyclic) bond motifs is 1. The third-order valence-corrected chi connectivity index (χ3v) is 4.58. The molecule has 0 aliphatic heterocycles. The summed E-state index contributed by atoms with van der Waals surface area (Å²) in [5.41, 5.74) is -1.33. The van der Waals surface area contributed by atoms with Crippen molar-refractivity contribution in [3.05, 3.63) is 71.9 Å². The summed E-state index contributed by atoms with van der Waals surface area (Å²) < 4.78 is 66.6. The molecule has 3 rings (SSSR count). The van der Waals surface area contributed by atoms with E-state index in [4.69, 9.17) is 0 Å². The van der Waals surface area contributed by atoms with Crippen LogP contribution in [0.1, 0.15) is 18.9 Å². The molecule has 0 fully saturated rings. The molecule has 2 aromatic carbocycles. The zero-order valence-electron chi connectivity index (χ0n) is 15.4. The maximum Gasteiger partial charge on any atom is 0.390 e. The highest BCUT2D eigenvalue weighted by Gasteiger charge is 2.44. The highest BCUT2D eigenvalue weighted by molar-refractivity contribution is 5.96. The van der Waals surface area contributed by atoms with E-state index in [1.165, 1.54) is 19.1 Å². The summed E-state index contributed by atoms with van der Waals surface area (Å²) in [6, 6.07) is 11.9. The van der Waals surface area contributed by atoms with Crippen molar-refractivity contribution >= 4 is 22.5 Å². The molecule has 1 heterocycles. The van der Waals surface area contributed by atoms with Gasteiger partial charge < -0.3 is 5.32 Å². The van der Waals surface area contributed by atoms with Gasteiger partial charge in [-0.3, -0.25) is 9.78 Å². The SMILES string of the molecule is C[C@@](Cc1ccccc1)(CC(F)(F)F)C(=O)Nc1cnc2c(F)c(F)ccc2c1. The Hall–Kier alpha value is -3.03. The number of aromatic nitrogens is 1. The number of alkyl halides is 3. The number of amides is 1. The van der Waals surface area contributed by atoms with Crippen molar-refractivity contribution in [1.29, 1.82) is 0 Å². The first kappa shape index (κ1) is 20.7. The van der Waals surface area contributed by atoms with Crippen LogP contribution in [0.2, 0.25) is 0 Å². The Morgan fingerprint density at radius 1 is 1.07 bits per heavy atom. The second-order valence-electron chi connectivity index (χ2n) is 7.13. The molecule has 3 aromatic rings. The average molecular weight is 408 g/mol. The number of anilines is 1. The Balaban J connectivity index is 1.89. The summed E-state index contributed by atoms with van der Waals surface area (Å²) in [6.07, 6.45) is -4.91. The lowest BCUT2D eigenvalue weighted by Crippen LogP contribution is -2.39. The van der Waals surface area contributed by atoms with Crippen LogP contribution in [0.5, 0.6) is 0 Å². The number of nitrogens with zero attached hydrogens (tertiary/aromatic N) is 1. The number of nitrogens with one attached hydrogen (secondary N) is 1. The van der Waals surface area contributed by atoms with Crippen LogP contribution in [0.25, 0.3) is 10.9 Å². The lowest BCUT2D eigenvalue weighted by atomic mass is 9.79. The molecule has 0 radical (unpaired) electrons. The molecule has 1 amide bonds. The van der Waals surface area contributed by atoms with Gasteiger partial charge in [0.15, 0.2) is 11.6 Å². The minimum Gasteiger partial charge on any atom is -0.324 e. The van der Waals surface area contributed by atoms with E-state index < -0.39 is 35.6 Å². The third kappa shape index (κ3) is 4.88. The number of rotatable bonds is 5. The predicted octanol–water partition coefficient (Wildman–Crippen LogP) is 5.65. The summed E-state index contributed by atoms with van der Waals surface area (Å²) in [5, 5.41) is 2.64. The Morgan fingerprint density at radius 2 is 1.76 bits per heavy atom. The molecular weight excluding hydrogens is 391 g/mol. The first-order valence-electron chi connectivity index (χ1n) is 8.73. The fourth-order valence-electron chi connectivity index (χ4n) is 3.20. The number of benzene rings is 2. The first-order valence-corrected chi connectivity index (χ1v) is 8.73. The van der Waals surface area contributed by atoms with E-state index in [9.17, 15) is 26.7 Å². The van der Waals surface area contributed by atoms with Gasteiger partial charge in [-0.2, -0.15) is 13.2 Å². The second kappa shape index (κ2) is 7.77. The van der Waals surface area contributed by atoms with Crippen LogP contribution in [0.3, 0.4) is 0 Å². The Kier molecular flexibility index (Phi) is 5.55. The van der Waals surface area contributed by atoms with Crippen LogP contribution < -0.4 is 5.32 Å². The molecule has 1 N–H and O–H groups in total. The normalized spacial score (nSPS) is 13.9. The van der Waals surface area contributed by atoms with E-state index in [0.29, 0.717) is 5.56 Å². The Morgan fingerprint density at radius 3 is 2.41 bits per heavy atom. The van der Waals surface area contributed by atoms with Crippen LogP contribution >= 0.6 is 0 Å². The van der Waals surface area contributed by atoms with Gasteiger partial charge in [-0.15, -0.1) is 0 Å². The lowest BCUT2D eigenvalue weighted by Gasteiger charge is -2.29. The zero-order chi connectivity index (χ0) is 21.2. The third-order valence-electron chi connectivity index (χ3n) is 4.58. The maximum absolute atomic E-state index is 13.8. The number of pyridine rings is 1. The van der Waals surface area contributed by atoms with Gasteiger partial charge in [0.05, 0.1) is 23.7 Å². The topological polar surface area (TPSA) is 42.0 Å². The maximum atomic E-state index is 13.8. The molecule has 0 unspecified atom stereocenters. The summed E-state index contributed by atoms with van der Waals surface area (Å²) in [7, 11) is 0. The van der Waals surface area contributed by atoms with Crippen molar-refractivity contribution in [3.63, 3.8) is 0 Å². The quantitative estimate of drug-likeness (QED) is 0.554. The molecule has 0 bridgehead atoms. The number of carbonyl (C=O) groups is 1. The fraction of sp³-hybridized carbons (Fsp3) is 0.238. The van der Waals surface area contributed by atoms with Gasteiger partial charge in [0.1, 0.15) is 5.52 Å². The van der Waals surface area contributed by atoms with E-state index >= 15 is 0 Å². The van der Waals surface area contributed by atoms with E-state index in [-0.39, 0.29) is 23.0 Å². The Labute approximate surface area is 163 Å². The van der Waals surface area contributed by atoms with Crippen LogP contribution in [-0.2, 0) is 11.2 Å². The van der Waals surface area contributed by atoms with Gasteiger partial charge in [0, 0.05) is 5.39 Å². The predicted molar refractivity (Wildman–Crippen MR) is 99.2 cm³/mol. The van der Waals surface area contributed by atoms with Crippen LogP contribution in [0, 0.1) is 17.0 Å². The Bertz CT molecular complexity index is 1040. The number of carbonyl (C=O) groups excluding carboxylic acids is 1. The molecular formula is C21H17F5N2O. The van der Waals surface area contributed by atoms with E-state index in [0.717, 1.165) is 12.3 Å². The second-order valence-corrected chi connectivity index (χ2v) is 7.13. The monoisotopic (exact) mass is 408 g/mol. The summed E-state index contributed by atoms with van der Waals surface area (Å²) in [5.74, 6) is -3.05. The van der Waals surface area contributed by atoms with Gasteiger partial charge in [-0.25, -0.2) is 8.78 Å². The first-order chi connectivity index (χ1) is 13.6. The molecule has 1 aromatic heterocycles. The van der Waals surface area contributed by atoms with Gasteiger partial charge in [-0.1, -0.05) is 37.3 Å². The summed E-state index contributed by atoms with van der Waals surface area (Å²) >= 11 is 0. The molecule has 152 valence electrons. The lowest BCUT2D eigenvalue weighted by molar-refractivity contribution is -0.164. The highest BCUT2D eigenvalue weighted by atomic mass is 19.4. The van der Waals surface area contributed by atoms with Crippen molar-refractivity contribution in [2.75, 3.05) is 5.32 Å². The van der Waals surface area contributed by atoms with Crippen LogP contribution in [0.4, 0.5) is 27.6 Å². The van der Waals surface area contributed by atoms with Crippen molar-refractivity contribution in [3.8, 4) is 0 Å². The number of hydrogen-bond donors (Lipinski definition) is 1. The number of halogens is 5. The van der Waals surface area contributed by atoms with Crippen molar-refractivity contribution in [2.45, 2.75) is 25.9 Å². The van der Waals surface area contributed by atoms with Gasteiger partial charge in [-0.05, 0) is 30.2 Å². The molecule has 0 saturated carbocycles. The van der Waals surface area contributed by atoms with Crippen molar-refractivity contribution in [1.82, 2.24) is 4.98 Å². The molecule has 0 aliphatic rings. The molecule has 29 heavy (non-hydrogen) atoms. The van der Waals surface area contributed by atoms with Crippen LogP contribution in [0.15, 0.2) is 54.7 Å². The van der Waals surface area contributed by atoms with E-state index in [1.807, 2.05) is 0 Å². The van der Waals surface area contributed by atoms with Crippen molar-refractivity contribution in [2.24, 2.45) is 5.41 Å². The highest BCUT2D eigenvalue weighted by Crippen LogP contribution is 2.37. The molecule has 0 aliphatic carbocycles. The molecule has 0 saturated heterocycles. The van der Waals surface area contributed by atoms with Gasteiger partial charge >= 0.3 is 6.18 Å².